The van der Waals surface area contributed by atoms with E-state index >= 15 is 0 Å². The number of aromatic nitrogens is 2. The minimum Gasteiger partial charge on any atom is -0.491 e. The molecule has 0 fully saturated rings. The van der Waals surface area contributed by atoms with Gasteiger partial charge in [0.2, 0.25) is 0 Å². The van der Waals surface area contributed by atoms with Gasteiger partial charge in [-0.2, -0.15) is 0 Å². The van der Waals surface area contributed by atoms with E-state index in [0.29, 0.717) is 47.1 Å². The maximum Gasteiger partial charge on any atom is 0.340 e. The number of hydrogen-bond acceptors (Lipinski definition) is 5. The van der Waals surface area contributed by atoms with Gasteiger partial charge in [0.25, 0.3) is 5.88 Å². The number of methoxy groups -OCH3 is 3. The van der Waals surface area contributed by atoms with Crippen LogP contribution >= 0.6 is 0 Å². The first kappa shape index (κ1) is 18.0. The fourth-order valence-corrected chi connectivity index (χ4v) is 3.64. The maximum atomic E-state index is 13.9. The summed E-state index contributed by atoms with van der Waals surface area (Å²) in [6.07, 6.45) is 0.688. The molecule has 1 aliphatic rings. The van der Waals surface area contributed by atoms with Crippen molar-refractivity contribution in [2.75, 3.05) is 21.3 Å². The predicted octanol–water partition coefficient (Wildman–Crippen LogP) is 3.72. The number of rotatable bonds is 4. The summed E-state index contributed by atoms with van der Waals surface area (Å²) in [5.74, 6) is 0.0652. The Balaban J connectivity index is 1.98. The van der Waals surface area contributed by atoms with Crippen molar-refractivity contribution in [1.82, 2.24) is 9.55 Å². The maximum absolute atomic E-state index is 13.9. The molecule has 144 valence electrons. The van der Waals surface area contributed by atoms with E-state index < -0.39 is 5.97 Å². The van der Waals surface area contributed by atoms with Crippen LogP contribution in [0.15, 0.2) is 36.4 Å². The average molecular weight is 382 g/mol. The van der Waals surface area contributed by atoms with E-state index in [4.69, 9.17) is 14.2 Å². The second kappa shape index (κ2) is 6.99. The summed E-state index contributed by atoms with van der Waals surface area (Å²) in [4.78, 5) is 17.1. The lowest BCUT2D eigenvalue weighted by Crippen LogP contribution is -2.14. The number of esters is 1. The summed E-state index contributed by atoms with van der Waals surface area (Å²) in [6.45, 7) is 0.613. The number of nitrogens with zero attached hydrogens (tertiary/aromatic N) is 2. The first-order valence-electron chi connectivity index (χ1n) is 8.77. The number of hydrogen-bond donors (Lipinski definition) is 0. The van der Waals surface area contributed by atoms with Crippen LogP contribution in [0.5, 0.6) is 11.6 Å². The molecule has 0 radical (unpaired) electrons. The Bertz CT molecular complexity index is 1070. The van der Waals surface area contributed by atoms with E-state index in [-0.39, 0.29) is 5.82 Å². The molecule has 1 aliphatic heterocycles. The van der Waals surface area contributed by atoms with Crippen molar-refractivity contribution in [2.24, 2.45) is 0 Å². The van der Waals surface area contributed by atoms with Crippen molar-refractivity contribution in [1.29, 1.82) is 0 Å². The van der Waals surface area contributed by atoms with Gasteiger partial charge in [-0.15, -0.1) is 0 Å². The summed E-state index contributed by atoms with van der Waals surface area (Å²) < 4.78 is 31.5. The highest BCUT2D eigenvalue weighted by Gasteiger charge is 2.28. The third-order valence-corrected chi connectivity index (χ3v) is 4.89. The van der Waals surface area contributed by atoms with Crippen molar-refractivity contribution in [3.63, 3.8) is 0 Å². The number of carbonyl (C=O) groups excluding carboxylic acids is 1. The summed E-state index contributed by atoms with van der Waals surface area (Å²) in [7, 11) is 4.42. The Hall–Kier alpha value is -3.35. The standard InChI is InChI=1S/C21H19FN2O4/c1-26-17-10-12-7-8-24-16(18(12)23-20(17)27-2)11-15(21(25)28-3)19(24)13-5-4-6-14(22)9-13/h4-6,9-11H,7-8H2,1-3H3. The molecule has 0 saturated carbocycles. The van der Waals surface area contributed by atoms with E-state index in [9.17, 15) is 9.18 Å². The number of ether oxygens (including phenoxy) is 3. The third-order valence-electron chi connectivity index (χ3n) is 4.89. The van der Waals surface area contributed by atoms with Gasteiger partial charge >= 0.3 is 5.97 Å². The first-order chi connectivity index (χ1) is 13.6. The highest BCUT2D eigenvalue weighted by Crippen LogP contribution is 2.40. The molecule has 0 aliphatic carbocycles. The van der Waals surface area contributed by atoms with Crippen LogP contribution in [0, 0.1) is 5.82 Å². The highest BCUT2D eigenvalue weighted by atomic mass is 19.1. The monoisotopic (exact) mass is 382 g/mol. The molecule has 0 spiro atoms. The number of pyridine rings is 1. The fraction of sp³-hybridized carbons (Fsp3) is 0.238. The predicted molar refractivity (Wildman–Crippen MR) is 101 cm³/mol. The zero-order valence-corrected chi connectivity index (χ0v) is 15.8. The van der Waals surface area contributed by atoms with Crippen LogP contribution in [-0.4, -0.2) is 36.8 Å². The molecular formula is C21H19FN2O4. The molecule has 0 bridgehead atoms. The molecule has 6 nitrogen and oxygen atoms in total. The fourth-order valence-electron chi connectivity index (χ4n) is 3.64. The van der Waals surface area contributed by atoms with E-state index in [1.807, 2.05) is 10.6 Å². The zero-order valence-electron chi connectivity index (χ0n) is 15.8. The number of carbonyl (C=O) groups is 1. The number of benzene rings is 1. The lowest BCUT2D eigenvalue weighted by molar-refractivity contribution is 0.0601. The second-order valence-electron chi connectivity index (χ2n) is 6.40. The Morgan fingerprint density at radius 1 is 1.14 bits per heavy atom. The molecule has 3 heterocycles. The smallest absolute Gasteiger partial charge is 0.340 e. The van der Waals surface area contributed by atoms with Crippen LogP contribution in [0.2, 0.25) is 0 Å². The van der Waals surface area contributed by atoms with Gasteiger partial charge in [-0.05, 0) is 36.2 Å². The van der Waals surface area contributed by atoms with Gasteiger partial charge in [0, 0.05) is 12.1 Å². The molecule has 0 N–H and O–H groups in total. The van der Waals surface area contributed by atoms with Crippen LogP contribution < -0.4 is 9.47 Å². The molecule has 3 aromatic rings. The molecule has 4 rings (SSSR count). The van der Waals surface area contributed by atoms with E-state index in [1.165, 1.54) is 26.4 Å². The minimum atomic E-state index is -0.483. The van der Waals surface area contributed by atoms with Gasteiger partial charge < -0.3 is 18.8 Å². The van der Waals surface area contributed by atoms with Gasteiger partial charge in [-0.3, -0.25) is 0 Å². The Labute approximate surface area is 161 Å². The molecular weight excluding hydrogens is 363 g/mol. The summed E-state index contributed by atoms with van der Waals surface area (Å²) in [6, 6.07) is 9.81. The summed E-state index contributed by atoms with van der Waals surface area (Å²) in [5.41, 5.74) is 4.04. The SMILES string of the molecule is COC(=O)c1cc2n(c1-c1cccc(F)c1)CCc1cc(OC)c(OC)nc1-2. The quantitative estimate of drug-likeness (QED) is 0.644. The van der Waals surface area contributed by atoms with Crippen LogP contribution in [0.4, 0.5) is 4.39 Å². The van der Waals surface area contributed by atoms with Crippen molar-refractivity contribution in [2.45, 2.75) is 13.0 Å². The van der Waals surface area contributed by atoms with E-state index in [2.05, 4.69) is 4.98 Å². The van der Waals surface area contributed by atoms with Crippen LogP contribution in [-0.2, 0) is 17.7 Å². The number of aryl methyl sites for hydroxylation is 1. The number of fused-ring (bicyclic) bond motifs is 3. The van der Waals surface area contributed by atoms with Crippen LogP contribution in [0.3, 0.4) is 0 Å². The van der Waals surface area contributed by atoms with Gasteiger partial charge in [0.15, 0.2) is 5.75 Å². The topological polar surface area (TPSA) is 62.6 Å². The molecule has 0 unspecified atom stereocenters. The molecule has 0 saturated heterocycles. The Morgan fingerprint density at radius 2 is 1.96 bits per heavy atom. The second-order valence-corrected chi connectivity index (χ2v) is 6.40. The van der Waals surface area contributed by atoms with E-state index in [1.54, 1.807) is 25.3 Å². The molecule has 0 amide bonds. The molecule has 1 aromatic carbocycles. The molecule has 2 aromatic heterocycles. The first-order valence-corrected chi connectivity index (χ1v) is 8.77. The number of halogens is 1. The van der Waals surface area contributed by atoms with Crippen molar-refractivity contribution >= 4 is 5.97 Å². The summed E-state index contributed by atoms with van der Waals surface area (Å²) >= 11 is 0. The normalized spacial score (nSPS) is 12.1. The van der Waals surface area contributed by atoms with E-state index in [0.717, 1.165) is 11.3 Å². The zero-order chi connectivity index (χ0) is 19.8. The van der Waals surface area contributed by atoms with Gasteiger partial charge in [-0.1, -0.05) is 12.1 Å². The average Bonchev–Trinajstić information content (AvgIpc) is 3.12. The van der Waals surface area contributed by atoms with Crippen LogP contribution in [0.25, 0.3) is 22.6 Å². The molecule has 7 heteroatoms. The molecule has 0 atom stereocenters. The largest absolute Gasteiger partial charge is 0.491 e. The lowest BCUT2D eigenvalue weighted by atomic mass is 10.0. The van der Waals surface area contributed by atoms with Crippen molar-refractivity contribution < 1.29 is 23.4 Å². The third kappa shape index (κ3) is 2.79. The van der Waals surface area contributed by atoms with Gasteiger partial charge in [0.05, 0.1) is 44.0 Å². The van der Waals surface area contributed by atoms with Gasteiger partial charge in [-0.25, -0.2) is 14.2 Å². The van der Waals surface area contributed by atoms with Crippen molar-refractivity contribution in [3.05, 3.63) is 53.3 Å². The summed E-state index contributed by atoms with van der Waals surface area (Å²) in [5, 5.41) is 0. The Morgan fingerprint density at radius 3 is 2.64 bits per heavy atom. The minimum absolute atomic E-state index is 0.364. The van der Waals surface area contributed by atoms with Gasteiger partial charge in [0.1, 0.15) is 5.82 Å². The van der Waals surface area contributed by atoms with Crippen molar-refractivity contribution in [3.8, 4) is 34.3 Å². The molecule has 28 heavy (non-hydrogen) atoms. The lowest BCUT2D eigenvalue weighted by Gasteiger charge is -2.22. The highest BCUT2D eigenvalue weighted by molar-refractivity contribution is 5.99. The Kier molecular flexibility index (Phi) is 4.50. The van der Waals surface area contributed by atoms with Crippen LogP contribution in [0.1, 0.15) is 15.9 Å².